The van der Waals surface area contributed by atoms with Crippen molar-refractivity contribution in [3.8, 4) is 0 Å². The number of benzene rings is 1. The summed E-state index contributed by atoms with van der Waals surface area (Å²) in [5.74, 6) is -0.395. The van der Waals surface area contributed by atoms with Gasteiger partial charge in [-0.05, 0) is 41.5 Å². The molecule has 0 unspecified atom stereocenters. The third-order valence-electron chi connectivity index (χ3n) is 6.05. The minimum atomic E-state index is -1.07. The van der Waals surface area contributed by atoms with Crippen molar-refractivity contribution in [2.45, 2.75) is 45.8 Å². The Morgan fingerprint density at radius 3 is 2.40 bits per heavy atom. The van der Waals surface area contributed by atoms with E-state index in [0.29, 0.717) is 29.4 Å². The number of aliphatic hydroxyl groups is 1. The number of halogens is 1. The molecule has 0 saturated carbocycles. The topological polar surface area (TPSA) is 69.6 Å². The minimum absolute atomic E-state index is 0.0541. The van der Waals surface area contributed by atoms with Crippen LogP contribution in [0.15, 0.2) is 41.8 Å². The molecule has 0 spiro atoms. The average molecular weight is 449 g/mol. The van der Waals surface area contributed by atoms with Gasteiger partial charge in [0.15, 0.2) is 0 Å². The molecule has 0 bridgehead atoms. The zero-order chi connectivity index (χ0) is 22.1. The number of carbonyl (C=O) groups is 2. The van der Waals surface area contributed by atoms with Crippen LogP contribution in [-0.4, -0.2) is 41.0 Å². The molecule has 1 aliphatic heterocycles. The number of amides is 2. The lowest BCUT2D eigenvalue weighted by molar-refractivity contribution is -0.155. The number of likely N-dealkylation sites (tertiary alicyclic amines) is 1. The second-order valence-corrected chi connectivity index (χ2v) is 10.3. The molecular weight excluding hydrogens is 420 g/mol. The van der Waals surface area contributed by atoms with E-state index in [-0.39, 0.29) is 17.7 Å². The second-order valence-electron chi connectivity index (χ2n) is 8.93. The van der Waals surface area contributed by atoms with E-state index in [4.69, 9.17) is 11.6 Å². The van der Waals surface area contributed by atoms with Crippen molar-refractivity contribution in [3.05, 3.63) is 57.2 Å². The van der Waals surface area contributed by atoms with Gasteiger partial charge in [-0.3, -0.25) is 9.59 Å². The number of nitrogens with one attached hydrogen (secondary N) is 1. The normalized spacial score (nSPS) is 22.0. The van der Waals surface area contributed by atoms with E-state index in [0.717, 1.165) is 5.56 Å². The zero-order valence-corrected chi connectivity index (χ0v) is 19.4. The highest BCUT2D eigenvalue weighted by molar-refractivity contribution is 7.12. The average Bonchev–Trinajstić information content (AvgIpc) is 3.22. The Bertz CT molecular complexity index is 896. The van der Waals surface area contributed by atoms with Crippen molar-refractivity contribution in [1.29, 1.82) is 0 Å². The van der Waals surface area contributed by atoms with E-state index in [1.54, 1.807) is 23.1 Å². The third-order valence-corrected chi connectivity index (χ3v) is 7.17. The highest BCUT2D eigenvalue weighted by Gasteiger charge is 2.50. The Morgan fingerprint density at radius 2 is 1.87 bits per heavy atom. The fourth-order valence-electron chi connectivity index (χ4n) is 4.10. The number of hydrogen-bond acceptors (Lipinski definition) is 4. The van der Waals surface area contributed by atoms with Crippen molar-refractivity contribution in [3.63, 3.8) is 0 Å². The summed E-state index contributed by atoms with van der Waals surface area (Å²) in [6.07, 6.45) is 0.414. The fraction of sp³-hybridized carbons (Fsp3) is 0.478. The standard InChI is InChI=1S/C23H29ClN2O3S/c1-15(2)19(25-20(27)18-6-5-13-30-18)21(28)26-12-11-23(29,22(3,4)14-26)16-7-9-17(24)10-8-16/h5-10,13,15,19,29H,11-12,14H2,1-4H3,(H,25,27)/t19-,23+/m1/s1. The van der Waals surface area contributed by atoms with Crippen LogP contribution in [0, 0.1) is 11.3 Å². The molecule has 1 saturated heterocycles. The first-order valence-electron chi connectivity index (χ1n) is 10.2. The van der Waals surface area contributed by atoms with E-state index in [9.17, 15) is 14.7 Å². The van der Waals surface area contributed by atoms with Crippen LogP contribution < -0.4 is 5.32 Å². The Hall–Kier alpha value is -1.89. The lowest BCUT2D eigenvalue weighted by atomic mass is 9.66. The number of carbonyl (C=O) groups excluding carboxylic acids is 2. The molecule has 1 fully saturated rings. The van der Waals surface area contributed by atoms with E-state index in [1.165, 1.54) is 11.3 Å². The van der Waals surface area contributed by atoms with Crippen LogP contribution in [0.5, 0.6) is 0 Å². The maximum atomic E-state index is 13.3. The predicted molar refractivity (Wildman–Crippen MR) is 121 cm³/mol. The van der Waals surface area contributed by atoms with Gasteiger partial charge in [-0.1, -0.05) is 57.5 Å². The summed E-state index contributed by atoms with van der Waals surface area (Å²) >= 11 is 7.36. The summed E-state index contributed by atoms with van der Waals surface area (Å²) in [6.45, 7) is 8.60. The van der Waals surface area contributed by atoms with Crippen LogP contribution in [0.1, 0.15) is 49.4 Å². The van der Waals surface area contributed by atoms with Gasteiger partial charge in [0, 0.05) is 23.5 Å². The monoisotopic (exact) mass is 448 g/mol. The third kappa shape index (κ3) is 4.41. The summed E-state index contributed by atoms with van der Waals surface area (Å²) in [6, 6.07) is 10.2. The van der Waals surface area contributed by atoms with Crippen molar-refractivity contribution in [2.75, 3.05) is 13.1 Å². The number of piperidine rings is 1. The summed E-state index contributed by atoms with van der Waals surface area (Å²) < 4.78 is 0. The zero-order valence-electron chi connectivity index (χ0n) is 17.8. The molecule has 1 aromatic carbocycles. The van der Waals surface area contributed by atoms with Gasteiger partial charge in [-0.2, -0.15) is 0 Å². The lowest BCUT2D eigenvalue weighted by Gasteiger charge is -2.51. The first kappa shape index (κ1) is 22.8. The molecular formula is C23H29ClN2O3S. The summed E-state index contributed by atoms with van der Waals surface area (Å²) in [4.78, 5) is 28.2. The second kappa shape index (κ2) is 8.69. The van der Waals surface area contributed by atoms with E-state index < -0.39 is 17.1 Å². The van der Waals surface area contributed by atoms with Crippen molar-refractivity contribution >= 4 is 34.8 Å². The molecule has 162 valence electrons. The maximum absolute atomic E-state index is 13.3. The largest absolute Gasteiger partial charge is 0.384 e. The number of nitrogens with zero attached hydrogens (tertiary/aromatic N) is 1. The van der Waals surface area contributed by atoms with Crippen molar-refractivity contribution in [2.24, 2.45) is 11.3 Å². The maximum Gasteiger partial charge on any atom is 0.262 e. The molecule has 5 nitrogen and oxygen atoms in total. The SMILES string of the molecule is CC(C)[C@@H](NC(=O)c1cccs1)C(=O)N1CC[C@](O)(c2ccc(Cl)cc2)C(C)(C)C1. The van der Waals surface area contributed by atoms with Gasteiger partial charge in [0.25, 0.3) is 5.91 Å². The van der Waals surface area contributed by atoms with E-state index in [2.05, 4.69) is 5.32 Å². The van der Waals surface area contributed by atoms with Crippen molar-refractivity contribution in [1.82, 2.24) is 10.2 Å². The van der Waals surface area contributed by atoms with E-state index >= 15 is 0 Å². The first-order valence-corrected chi connectivity index (χ1v) is 11.4. The predicted octanol–water partition coefficient (Wildman–Crippen LogP) is 4.30. The van der Waals surface area contributed by atoms with Crippen LogP contribution in [0.2, 0.25) is 5.02 Å². The molecule has 1 aromatic heterocycles. The number of rotatable bonds is 5. The Kier molecular flexibility index (Phi) is 6.60. The molecule has 0 radical (unpaired) electrons. The molecule has 7 heteroatoms. The fourth-order valence-corrected chi connectivity index (χ4v) is 4.85. The highest BCUT2D eigenvalue weighted by Crippen LogP contribution is 2.46. The Labute approximate surface area is 187 Å². The number of hydrogen-bond donors (Lipinski definition) is 2. The number of thiophene rings is 1. The van der Waals surface area contributed by atoms with Gasteiger partial charge in [0.2, 0.25) is 5.91 Å². The molecule has 3 rings (SSSR count). The summed E-state index contributed by atoms with van der Waals surface area (Å²) in [5.41, 5.74) is -0.842. The molecule has 30 heavy (non-hydrogen) atoms. The summed E-state index contributed by atoms with van der Waals surface area (Å²) in [7, 11) is 0. The quantitative estimate of drug-likeness (QED) is 0.716. The van der Waals surface area contributed by atoms with Gasteiger partial charge < -0.3 is 15.3 Å². The van der Waals surface area contributed by atoms with Gasteiger partial charge in [0.05, 0.1) is 10.5 Å². The smallest absolute Gasteiger partial charge is 0.262 e. The first-order chi connectivity index (χ1) is 14.0. The van der Waals surface area contributed by atoms with Crippen LogP contribution in [-0.2, 0) is 10.4 Å². The van der Waals surface area contributed by atoms with Gasteiger partial charge in [-0.25, -0.2) is 0 Å². The van der Waals surface area contributed by atoms with Crippen LogP contribution >= 0.6 is 22.9 Å². The van der Waals surface area contributed by atoms with E-state index in [1.807, 2.05) is 51.3 Å². The minimum Gasteiger partial charge on any atom is -0.384 e. The molecule has 2 N–H and O–H groups in total. The van der Waals surface area contributed by atoms with Crippen LogP contribution in [0.4, 0.5) is 0 Å². The van der Waals surface area contributed by atoms with Gasteiger partial charge in [0.1, 0.15) is 6.04 Å². The van der Waals surface area contributed by atoms with Crippen LogP contribution in [0.25, 0.3) is 0 Å². The molecule has 2 amide bonds. The molecule has 2 heterocycles. The lowest BCUT2D eigenvalue weighted by Crippen LogP contribution is -2.60. The molecule has 0 aliphatic carbocycles. The van der Waals surface area contributed by atoms with Gasteiger partial charge in [-0.15, -0.1) is 11.3 Å². The summed E-state index contributed by atoms with van der Waals surface area (Å²) in [5, 5.41) is 16.9. The Balaban J connectivity index is 1.77. The molecule has 2 aromatic rings. The van der Waals surface area contributed by atoms with Gasteiger partial charge >= 0.3 is 0 Å². The Morgan fingerprint density at radius 1 is 1.20 bits per heavy atom. The molecule has 2 atom stereocenters. The van der Waals surface area contributed by atoms with Crippen molar-refractivity contribution < 1.29 is 14.7 Å². The molecule has 1 aliphatic rings. The van der Waals surface area contributed by atoms with Crippen LogP contribution in [0.3, 0.4) is 0 Å². The highest BCUT2D eigenvalue weighted by atomic mass is 35.5.